The second kappa shape index (κ2) is 8.65. The maximum atomic E-state index is 13.4. The van der Waals surface area contributed by atoms with Crippen molar-refractivity contribution in [3.63, 3.8) is 0 Å². The van der Waals surface area contributed by atoms with E-state index in [0.717, 1.165) is 43.2 Å². The quantitative estimate of drug-likeness (QED) is 0.548. The molecule has 2 aliphatic heterocycles. The fourth-order valence-electron chi connectivity index (χ4n) is 3.97. The molecule has 2 aromatic carbocycles. The summed E-state index contributed by atoms with van der Waals surface area (Å²) in [6, 6.07) is 12.8. The van der Waals surface area contributed by atoms with E-state index in [1.807, 2.05) is 36.2 Å². The van der Waals surface area contributed by atoms with Gasteiger partial charge in [0, 0.05) is 54.5 Å². The minimum Gasteiger partial charge on any atom is -0.363 e. The monoisotopic (exact) mass is 426 g/mol. The third-order valence-corrected chi connectivity index (χ3v) is 6.99. The molecule has 2 heterocycles. The molecule has 0 spiro atoms. The lowest BCUT2D eigenvalue weighted by atomic mass is 10.1. The number of nitro groups is 1. The highest BCUT2D eigenvalue weighted by Crippen LogP contribution is 2.38. The van der Waals surface area contributed by atoms with Crippen molar-refractivity contribution < 1.29 is 9.72 Å². The number of likely N-dealkylation sites (N-methyl/N-ethyl adjacent to an activating group) is 1. The normalized spacial score (nSPS) is 19.9. The largest absolute Gasteiger partial charge is 0.363 e. The molecule has 0 bridgehead atoms. The summed E-state index contributed by atoms with van der Waals surface area (Å²) in [4.78, 5) is 31.9. The Morgan fingerprint density at radius 3 is 2.53 bits per heavy atom. The fourth-order valence-corrected chi connectivity index (χ4v) is 5.08. The number of anilines is 2. The van der Waals surface area contributed by atoms with Gasteiger partial charge in [-0.25, -0.2) is 0 Å². The standard InChI is InChI=1S/C22H26N4O3S/c1-16-9-10-25(19-5-3-4-6-21(19)30-16)22(27)17-7-8-18(20(15-17)26(28)29)24-13-11-23(2)12-14-24/h3-8,15-16H,9-14H2,1-2H3. The number of amides is 1. The zero-order valence-electron chi connectivity index (χ0n) is 17.3. The van der Waals surface area contributed by atoms with Gasteiger partial charge in [-0.2, -0.15) is 0 Å². The molecule has 30 heavy (non-hydrogen) atoms. The molecule has 4 rings (SSSR count). The van der Waals surface area contributed by atoms with Crippen molar-refractivity contribution >= 4 is 34.7 Å². The number of thioether (sulfide) groups is 1. The maximum absolute atomic E-state index is 13.4. The molecular weight excluding hydrogens is 400 g/mol. The van der Waals surface area contributed by atoms with Crippen LogP contribution in [0, 0.1) is 10.1 Å². The van der Waals surface area contributed by atoms with Crippen LogP contribution < -0.4 is 9.80 Å². The van der Waals surface area contributed by atoms with Crippen molar-refractivity contribution in [2.75, 3.05) is 49.6 Å². The van der Waals surface area contributed by atoms with Crippen molar-refractivity contribution in [2.45, 2.75) is 23.5 Å². The van der Waals surface area contributed by atoms with Gasteiger partial charge in [-0.05, 0) is 37.7 Å². The average molecular weight is 427 g/mol. The molecular formula is C22H26N4O3S. The predicted octanol–water partition coefficient (Wildman–Crippen LogP) is 3.88. The highest BCUT2D eigenvalue weighted by Gasteiger charge is 2.28. The summed E-state index contributed by atoms with van der Waals surface area (Å²) < 4.78 is 0. The number of hydrogen-bond donors (Lipinski definition) is 0. The summed E-state index contributed by atoms with van der Waals surface area (Å²) in [5.74, 6) is -0.190. The molecule has 1 unspecified atom stereocenters. The topological polar surface area (TPSA) is 69.9 Å². The number of benzene rings is 2. The van der Waals surface area contributed by atoms with Gasteiger partial charge in [0.25, 0.3) is 11.6 Å². The van der Waals surface area contributed by atoms with Gasteiger partial charge in [0.1, 0.15) is 5.69 Å². The van der Waals surface area contributed by atoms with Crippen LogP contribution in [0.1, 0.15) is 23.7 Å². The molecule has 0 radical (unpaired) electrons. The van der Waals surface area contributed by atoms with Gasteiger partial charge in [-0.3, -0.25) is 14.9 Å². The first-order valence-corrected chi connectivity index (χ1v) is 11.1. The van der Waals surface area contributed by atoms with Crippen LogP contribution in [-0.4, -0.2) is 60.8 Å². The van der Waals surface area contributed by atoms with E-state index in [2.05, 4.69) is 11.8 Å². The number of piperazine rings is 1. The van der Waals surface area contributed by atoms with Crippen molar-refractivity contribution in [2.24, 2.45) is 0 Å². The Hall–Kier alpha value is -2.58. The molecule has 1 atom stereocenters. The first-order valence-electron chi connectivity index (χ1n) is 10.2. The predicted molar refractivity (Wildman–Crippen MR) is 121 cm³/mol. The van der Waals surface area contributed by atoms with E-state index < -0.39 is 0 Å². The first kappa shape index (κ1) is 20.7. The third-order valence-electron chi connectivity index (χ3n) is 5.75. The molecule has 0 saturated carbocycles. The van der Waals surface area contributed by atoms with E-state index in [1.165, 1.54) is 6.07 Å². The summed E-state index contributed by atoms with van der Waals surface area (Å²) in [5.41, 5.74) is 1.82. The van der Waals surface area contributed by atoms with Crippen LogP contribution >= 0.6 is 11.8 Å². The lowest BCUT2D eigenvalue weighted by molar-refractivity contribution is -0.384. The number of para-hydroxylation sites is 1. The Morgan fingerprint density at radius 1 is 1.07 bits per heavy atom. The molecule has 0 aromatic heterocycles. The highest BCUT2D eigenvalue weighted by atomic mass is 32.2. The lowest BCUT2D eigenvalue weighted by Crippen LogP contribution is -2.44. The van der Waals surface area contributed by atoms with Gasteiger partial charge in [0.2, 0.25) is 0 Å². The number of hydrogen-bond acceptors (Lipinski definition) is 6. The van der Waals surface area contributed by atoms with Gasteiger partial charge in [0.15, 0.2) is 0 Å². The van der Waals surface area contributed by atoms with Crippen LogP contribution in [0.2, 0.25) is 0 Å². The van der Waals surface area contributed by atoms with Gasteiger partial charge < -0.3 is 14.7 Å². The van der Waals surface area contributed by atoms with Crippen molar-refractivity contribution in [3.8, 4) is 0 Å². The molecule has 1 amide bonds. The van der Waals surface area contributed by atoms with E-state index in [0.29, 0.717) is 23.0 Å². The van der Waals surface area contributed by atoms with Gasteiger partial charge in [0.05, 0.1) is 10.6 Å². The summed E-state index contributed by atoms with van der Waals surface area (Å²) >= 11 is 1.77. The van der Waals surface area contributed by atoms with Gasteiger partial charge in [-0.1, -0.05) is 19.1 Å². The van der Waals surface area contributed by atoms with E-state index >= 15 is 0 Å². The zero-order valence-corrected chi connectivity index (χ0v) is 18.1. The molecule has 158 valence electrons. The van der Waals surface area contributed by atoms with Crippen molar-refractivity contribution in [3.05, 3.63) is 58.1 Å². The molecule has 8 heteroatoms. The Bertz CT molecular complexity index is 959. The molecule has 2 aliphatic rings. The fraction of sp³-hybridized carbons (Fsp3) is 0.409. The number of nitro benzene ring substituents is 1. The van der Waals surface area contributed by atoms with E-state index in [-0.39, 0.29) is 16.5 Å². The molecule has 1 fully saturated rings. The zero-order chi connectivity index (χ0) is 21.3. The number of carbonyl (C=O) groups is 1. The SMILES string of the molecule is CC1CCN(C(=O)c2ccc(N3CCN(C)CC3)c([N+](=O)[O-])c2)c2ccccc2S1. The van der Waals surface area contributed by atoms with E-state index in [9.17, 15) is 14.9 Å². The first-order chi connectivity index (χ1) is 14.4. The number of fused-ring (bicyclic) bond motifs is 1. The Morgan fingerprint density at radius 2 is 1.80 bits per heavy atom. The Kier molecular flexibility index (Phi) is 5.97. The van der Waals surface area contributed by atoms with Gasteiger partial charge in [-0.15, -0.1) is 11.8 Å². The molecule has 0 N–H and O–H groups in total. The molecule has 7 nitrogen and oxygen atoms in total. The van der Waals surface area contributed by atoms with Gasteiger partial charge >= 0.3 is 0 Å². The Balaban J connectivity index is 1.66. The van der Waals surface area contributed by atoms with Crippen LogP contribution in [0.15, 0.2) is 47.4 Å². The average Bonchev–Trinajstić information content (AvgIpc) is 2.91. The summed E-state index contributed by atoms with van der Waals surface area (Å²) in [6.45, 7) is 5.94. The van der Waals surface area contributed by atoms with E-state index in [1.54, 1.807) is 28.8 Å². The molecule has 2 aromatic rings. The lowest BCUT2D eigenvalue weighted by Gasteiger charge is -2.33. The van der Waals surface area contributed by atoms with Crippen molar-refractivity contribution in [1.29, 1.82) is 0 Å². The maximum Gasteiger partial charge on any atom is 0.293 e. The van der Waals surface area contributed by atoms with Crippen LogP contribution in [0.25, 0.3) is 0 Å². The second-order valence-electron chi connectivity index (χ2n) is 7.89. The van der Waals surface area contributed by atoms with Crippen LogP contribution in [-0.2, 0) is 0 Å². The third kappa shape index (κ3) is 4.15. The second-order valence-corrected chi connectivity index (χ2v) is 9.37. The minimum atomic E-state index is -0.376. The van der Waals surface area contributed by atoms with Crippen LogP contribution in [0.4, 0.5) is 17.1 Å². The smallest absolute Gasteiger partial charge is 0.293 e. The van der Waals surface area contributed by atoms with Crippen LogP contribution in [0.3, 0.4) is 0 Å². The number of nitrogens with zero attached hydrogens (tertiary/aromatic N) is 4. The highest BCUT2D eigenvalue weighted by molar-refractivity contribution is 8.00. The van der Waals surface area contributed by atoms with Crippen LogP contribution in [0.5, 0.6) is 0 Å². The summed E-state index contributed by atoms with van der Waals surface area (Å²) in [7, 11) is 2.05. The number of rotatable bonds is 3. The Labute approximate surface area is 180 Å². The summed E-state index contributed by atoms with van der Waals surface area (Å²) in [5, 5.41) is 12.2. The molecule has 0 aliphatic carbocycles. The minimum absolute atomic E-state index is 0.00347. The molecule has 1 saturated heterocycles. The number of carbonyl (C=O) groups excluding carboxylic acids is 1. The van der Waals surface area contributed by atoms with Crippen molar-refractivity contribution in [1.82, 2.24) is 4.90 Å². The summed E-state index contributed by atoms with van der Waals surface area (Å²) in [6.07, 6.45) is 0.868. The van der Waals surface area contributed by atoms with E-state index in [4.69, 9.17) is 0 Å².